The Bertz CT molecular complexity index is 959. The van der Waals surface area contributed by atoms with E-state index < -0.39 is 0 Å². The number of carbonyl (C=O) groups excluding carboxylic acids is 1. The predicted octanol–water partition coefficient (Wildman–Crippen LogP) is 4.05. The molecule has 2 amide bonds. The van der Waals surface area contributed by atoms with Gasteiger partial charge in [-0.25, -0.2) is 9.78 Å². The lowest BCUT2D eigenvalue weighted by Gasteiger charge is -2.45. The van der Waals surface area contributed by atoms with Crippen LogP contribution in [-0.4, -0.2) is 48.2 Å². The largest absolute Gasteiger partial charge is 0.481 e. The number of nitrogens with one attached hydrogen (secondary N) is 1. The molecule has 0 radical (unpaired) electrons. The number of hydrogen-bond acceptors (Lipinski definition) is 5. The van der Waals surface area contributed by atoms with Crippen molar-refractivity contribution >= 4 is 29.0 Å². The molecule has 2 atom stereocenters. The third-order valence-electron chi connectivity index (χ3n) is 5.04. The molecule has 0 aliphatic carbocycles. The van der Waals surface area contributed by atoms with Crippen LogP contribution in [0.25, 0.3) is 0 Å². The summed E-state index contributed by atoms with van der Waals surface area (Å²) in [6.45, 7) is 7.16. The van der Waals surface area contributed by atoms with E-state index in [4.69, 9.17) is 21.6 Å². The first-order valence-electron chi connectivity index (χ1n) is 9.39. The number of nitrogens with zero attached hydrogens (tertiary/aromatic N) is 4. The van der Waals surface area contributed by atoms with Gasteiger partial charge in [-0.1, -0.05) is 11.6 Å². The van der Waals surface area contributed by atoms with Crippen LogP contribution in [0.1, 0.15) is 25.1 Å². The van der Waals surface area contributed by atoms with E-state index in [0.717, 1.165) is 11.4 Å². The summed E-state index contributed by atoms with van der Waals surface area (Å²) in [5, 5.41) is 12.5. The van der Waals surface area contributed by atoms with Gasteiger partial charge in [-0.05, 0) is 45.0 Å². The van der Waals surface area contributed by atoms with Crippen LogP contribution in [0.4, 0.5) is 16.2 Å². The zero-order valence-electron chi connectivity index (χ0n) is 16.9. The smallest absolute Gasteiger partial charge is 0.322 e. The molecule has 1 aromatic heterocycles. The van der Waals surface area contributed by atoms with Gasteiger partial charge in [0.05, 0.1) is 17.7 Å². The van der Waals surface area contributed by atoms with Crippen molar-refractivity contribution in [1.29, 1.82) is 5.26 Å². The van der Waals surface area contributed by atoms with Gasteiger partial charge in [0.2, 0.25) is 5.88 Å². The number of hydrogen-bond donors (Lipinski definition) is 1. The van der Waals surface area contributed by atoms with Crippen molar-refractivity contribution < 1.29 is 9.53 Å². The standard InChI is InChI=1S/C21H24ClN5O2/c1-13-7-17(8-20(24-13)29-4)25-21(28)27-12-14(2)26(11-15(27)3)18-6-5-16(10-23)19(22)9-18/h5-9,14-15H,11-12H2,1-4H3,(H,24,25,28)/t14-,15+/m0/s1. The number of nitriles is 1. The molecule has 3 rings (SSSR count). The van der Waals surface area contributed by atoms with E-state index >= 15 is 0 Å². The van der Waals surface area contributed by atoms with Gasteiger partial charge in [-0.3, -0.25) is 0 Å². The number of urea groups is 1. The van der Waals surface area contributed by atoms with Gasteiger partial charge in [0.1, 0.15) is 6.07 Å². The van der Waals surface area contributed by atoms with Crippen molar-refractivity contribution in [3.63, 3.8) is 0 Å². The number of rotatable bonds is 3. The molecule has 152 valence electrons. The lowest BCUT2D eigenvalue weighted by Crippen LogP contribution is -2.59. The Morgan fingerprint density at radius 2 is 2.03 bits per heavy atom. The molecule has 8 heteroatoms. The first kappa shape index (κ1) is 20.7. The molecule has 0 spiro atoms. The fourth-order valence-electron chi connectivity index (χ4n) is 3.55. The number of aromatic nitrogens is 1. The minimum Gasteiger partial charge on any atom is -0.481 e. The quantitative estimate of drug-likeness (QED) is 0.820. The Hall–Kier alpha value is -2.98. The monoisotopic (exact) mass is 413 g/mol. The molecule has 1 aromatic carbocycles. The first-order chi connectivity index (χ1) is 13.8. The second kappa shape index (κ2) is 8.58. The van der Waals surface area contributed by atoms with Crippen molar-refractivity contribution in [2.24, 2.45) is 0 Å². The van der Waals surface area contributed by atoms with E-state index in [1.165, 1.54) is 0 Å². The Balaban J connectivity index is 1.73. The summed E-state index contributed by atoms with van der Waals surface area (Å²) in [5.41, 5.74) is 2.82. The number of piperazine rings is 1. The molecular weight excluding hydrogens is 390 g/mol. The molecule has 7 nitrogen and oxygen atoms in total. The summed E-state index contributed by atoms with van der Waals surface area (Å²) in [5.74, 6) is 0.462. The van der Waals surface area contributed by atoms with Crippen molar-refractivity contribution in [2.75, 3.05) is 30.4 Å². The predicted molar refractivity (Wildman–Crippen MR) is 114 cm³/mol. The second-order valence-electron chi connectivity index (χ2n) is 7.25. The van der Waals surface area contributed by atoms with Crippen LogP contribution in [0.2, 0.25) is 5.02 Å². The lowest BCUT2D eigenvalue weighted by atomic mass is 10.1. The van der Waals surface area contributed by atoms with Crippen LogP contribution in [0, 0.1) is 18.3 Å². The number of methoxy groups -OCH3 is 1. The van der Waals surface area contributed by atoms with Gasteiger partial charge in [0, 0.05) is 48.3 Å². The van der Waals surface area contributed by atoms with Gasteiger partial charge in [0.25, 0.3) is 0 Å². The molecule has 1 saturated heterocycles. The van der Waals surface area contributed by atoms with Crippen LogP contribution >= 0.6 is 11.6 Å². The van der Waals surface area contributed by atoms with Gasteiger partial charge in [-0.15, -0.1) is 0 Å². The molecule has 1 aliphatic heterocycles. The normalized spacial score (nSPS) is 18.9. The third kappa shape index (κ3) is 4.54. The van der Waals surface area contributed by atoms with Crippen LogP contribution in [0.3, 0.4) is 0 Å². The molecule has 1 aliphatic rings. The van der Waals surface area contributed by atoms with E-state index in [-0.39, 0.29) is 18.1 Å². The number of ether oxygens (including phenoxy) is 1. The lowest BCUT2D eigenvalue weighted by molar-refractivity contribution is 0.173. The average Bonchev–Trinajstić information content (AvgIpc) is 2.68. The number of amides is 2. The van der Waals surface area contributed by atoms with E-state index in [0.29, 0.717) is 35.2 Å². The van der Waals surface area contributed by atoms with E-state index in [1.807, 2.05) is 36.9 Å². The highest BCUT2D eigenvalue weighted by Crippen LogP contribution is 2.28. The summed E-state index contributed by atoms with van der Waals surface area (Å²) >= 11 is 6.20. The highest BCUT2D eigenvalue weighted by Gasteiger charge is 2.32. The Morgan fingerprint density at radius 3 is 2.69 bits per heavy atom. The first-order valence-corrected chi connectivity index (χ1v) is 9.76. The molecular formula is C21H24ClN5O2. The maximum absolute atomic E-state index is 12.9. The zero-order valence-corrected chi connectivity index (χ0v) is 17.7. The second-order valence-corrected chi connectivity index (χ2v) is 7.66. The van der Waals surface area contributed by atoms with Crippen LogP contribution in [0.15, 0.2) is 30.3 Å². The summed E-state index contributed by atoms with van der Waals surface area (Å²) in [6.07, 6.45) is 0. The molecule has 0 bridgehead atoms. The molecule has 2 aromatic rings. The molecule has 29 heavy (non-hydrogen) atoms. The summed E-state index contributed by atoms with van der Waals surface area (Å²) in [7, 11) is 1.55. The summed E-state index contributed by atoms with van der Waals surface area (Å²) in [6, 6.07) is 11.0. The SMILES string of the molecule is COc1cc(NC(=O)N2C[C@H](C)N(c3ccc(C#N)c(Cl)c3)C[C@H]2C)cc(C)n1. The molecule has 0 unspecified atom stereocenters. The summed E-state index contributed by atoms with van der Waals surface area (Å²) < 4.78 is 5.18. The maximum Gasteiger partial charge on any atom is 0.322 e. The highest BCUT2D eigenvalue weighted by atomic mass is 35.5. The Labute approximate surface area is 175 Å². The Morgan fingerprint density at radius 1 is 1.28 bits per heavy atom. The molecule has 1 fully saturated rings. The van der Waals surface area contributed by atoms with E-state index in [1.54, 1.807) is 19.2 Å². The average molecular weight is 414 g/mol. The number of halogens is 1. The van der Waals surface area contributed by atoms with Crippen molar-refractivity contribution in [2.45, 2.75) is 32.9 Å². The van der Waals surface area contributed by atoms with Gasteiger partial charge in [0.15, 0.2) is 0 Å². The minimum absolute atomic E-state index is 0.00884. The van der Waals surface area contributed by atoms with Crippen LogP contribution in [-0.2, 0) is 0 Å². The fourth-order valence-corrected chi connectivity index (χ4v) is 3.77. The molecule has 0 saturated carbocycles. The van der Waals surface area contributed by atoms with Crippen LogP contribution in [0.5, 0.6) is 5.88 Å². The Kier molecular flexibility index (Phi) is 6.14. The fraction of sp³-hybridized carbons (Fsp3) is 0.381. The van der Waals surface area contributed by atoms with E-state index in [9.17, 15) is 4.79 Å². The zero-order chi connectivity index (χ0) is 21.1. The third-order valence-corrected chi connectivity index (χ3v) is 5.35. The number of anilines is 2. The van der Waals surface area contributed by atoms with Gasteiger partial charge in [-0.2, -0.15) is 5.26 Å². The van der Waals surface area contributed by atoms with Crippen molar-refractivity contribution in [3.05, 3.63) is 46.6 Å². The number of aryl methyl sites for hydroxylation is 1. The minimum atomic E-state index is -0.158. The van der Waals surface area contributed by atoms with E-state index in [2.05, 4.69) is 28.2 Å². The number of benzene rings is 1. The topological polar surface area (TPSA) is 81.5 Å². The maximum atomic E-state index is 12.9. The van der Waals surface area contributed by atoms with Gasteiger partial charge >= 0.3 is 6.03 Å². The van der Waals surface area contributed by atoms with Gasteiger partial charge < -0.3 is 19.9 Å². The number of pyridine rings is 1. The van der Waals surface area contributed by atoms with Crippen molar-refractivity contribution in [1.82, 2.24) is 9.88 Å². The molecule has 2 heterocycles. The van der Waals surface area contributed by atoms with Crippen molar-refractivity contribution in [3.8, 4) is 11.9 Å². The molecule has 1 N–H and O–H groups in total. The summed E-state index contributed by atoms with van der Waals surface area (Å²) in [4.78, 5) is 21.2. The highest BCUT2D eigenvalue weighted by molar-refractivity contribution is 6.32. The number of carbonyl (C=O) groups is 1. The van der Waals surface area contributed by atoms with Crippen LogP contribution < -0.4 is 15.0 Å².